The number of anilines is 2. The van der Waals surface area contributed by atoms with Gasteiger partial charge in [-0.2, -0.15) is 5.10 Å². The second-order valence-electron chi connectivity index (χ2n) is 8.71. The molecule has 8 nitrogen and oxygen atoms in total. The highest BCUT2D eigenvalue weighted by atomic mass is 35.5. The number of carbonyl (C=O) groups excluding carboxylic acids is 2. The maximum atomic E-state index is 15.1. The maximum absolute atomic E-state index is 15.1. The number of likely N-dealkylation sites (tertiary alicyclic amines) is 1. The summed E-state index contributed by atoms with van der Waals surface area (Å²) < 4.78 is 22.3. The molecule has 3 N–H and O–H groups in total. The van der Waals surface area contributed by atoms with Crippen LogP contribution in [-0.4, -0.2) is 39.8 Å². The summed E-state index contributed by atoms with van der Waals surface area (Å²) in [6.45, 7) is 2.81. The van der Waals surface area contributed by atoms with Crippen LogP contribution in [0, 0.1) is 12.7 Å². The first-order valence-corrected chi connectivity index (χ1v) is 11.3. The minimum atomic E-state index is -1.34. The summed E-state index contributed by atoms with van der Waals surface area (Å²) in [5, 5.41) is 6.74. The number of nitrogens with two attached hydrogens (primary N) is 1. The molecule has 1 fully saturated rings. The van der Waals surface area contributed by atoms with E-state index >= 15 is 4.39 Å². The van der Waals surface area contributed by atoms with Crippen LogP contribution in [0.4, 0.5) is 20.7 Å². The number of amides is 2. The van der Waals surface area contributed by atoms with Crippen LogP contribution in [0.1, 0.15) is 39.9 Å². The highest BCUT2D eigenvalue weighted by Crippen LogP contribution is 2.45. The van der Waals surface area contributed by atoms with E-state index in [9.17, 15) is 9.59 Å². The summed E-state index contributed by atoms with van der Waals surface area (Å²) in [6, 6.07) is 10.9. The fourth-order valence-corrected chi connectivity index (χ4v) is 4.83. The molecule has 0 bridgehead atoms. The van der Waals surface area contributed by atoms with Crippen LogP contribution in [0.3, 0.4) is 0 Å². The fourth-order valence-electron chi connectivity index (χ4n) is 4.67. The number of nitrogens with zero attached hydrogens (tertiary/aromatic N) is 3. The summed E-state index contributed by atoms with van der Waals surface area (Å²) in [5.41, 5.74) is 7.78. The fraction of sp³-hybridized carbons (Fsp3) is 0.292. The first kappa shape index (κ1) is 22.2. The summed E-state index contributed by atoms with van der Waals surface area (Å²) in [5.74, 6) is -0.786. The molecule has 10 heteroatoms. The Morgan fingerprint density at radius 3 is 2.82 bits per heavy atom. The number of hydrogen-bond donors (Lipinski definition) is 2. The van der Waals surface area contributed by atoms with Gasteiger partial charge in [-0.3, -0.25) is 10.1 Å². The van der Waals surface area contributed by atoms with Gasteiger partial charge in [-0.1, -0.05) is 41.4 Å². The number of ether oxygens (including phenoxy) is 1. The molecule has 1 atom stereocenters. The number of hydrogen-bond acceptors (Lipinski definition) is 5. The van der Waals surface area contributed by atoms with Crippen molar-refractivity contribution in [2.45, 2.75) is 31.9 Å². The minimum absolute atomic E-state index is 0.0217. The Bertz CT molecular complexity index is 1290. The third-order valence-corrected chi connectivity index (χ3v) is 6.67. The molecular weight excluding hydrogens is 461 g/mol. The second kappa shape index (κ2) is 8.32. The van der Waals surface area contributed by atoms with E-state index in [-0.39, 0.29) is 40.1 Å². The van der Waals surface area contributed by atoms with Crippen LogP contribution in [0.25, 0.3) is 0 Å². The van der Waals surface area contributed by atoms with Gasteiger partial charge in [0.25, 0.3) is 5.91 Å². The van der Waals surface area contributed by atoms with E-state index in [1.165, 1.54) is 23.2 Å². The molecule has 2 aliphatic heterocycles. The third-order valence-electron chi connectivity index (χ3n) is 6.38. The zero-order chi connectivity index (χ0) is 24.0. The molecule has 0 unspecified atom stereocenters. The lowest BCUT2D eigenvalue weighted by molar-refractivity contribution is -0.0418. The first-order chi connectivity index (χ1) is 16.3. The Labute approximate surface area is 200 Å². The number of nitrogens with one attached hydrogen (secondary N) is 1. The monoisotopic (exact) mass is 483 g/mol. The predicted octanol–water partition coefficient (Wildman–Crippen LogP) is 4.31. The second-order valence-corrected chi connectivity index (χ2v) is 9.12. The van der Waals surface area contributed by atoms with E-state index < -0.39 is 17.5 Å². The Morgan fingerprint density at radius 1 is 1.29 bits per heavy atom. The Kier molecular flexibility index (Phi) is 5.44. The summed E-state index contributed by atoms with van der Waals surface area (Å²) in [7, 11) is 0. The number of rotatable bonds is 3. The molecule has 2 amide bonds. The maximum Gasteiger partial charge on any atom is 0.412 e. The van der Waals surface area contributed by atoms with Gasteiger partial charge in [0.05, 0.1) is 35.6 Å². The SMILES string of the molecule is Cc1ccc(Cn2ncc(C(=O)N3CCC[C@@]4(C3)OC(=O)Nc3ccc(Cl)c(F)c34)c2N)cc1. The number of halogens is 2. The van der Waals surface area contributed by atoms with E-state index in [2.05, 4.69) is 10.4 Å². The van der Waals surface area contributed by atoms with E-state index in [1.807, 2.05) is 31.2 Å². The number of fused-ring (bicyclic) bond motifs is 2. The zero-order valence-electron chi connectivity index (χ0n) is 18.5. The third kappa shape index (κ3) is 3.75. The van der Waals surface area contributed by atoms with Gasteiger partial charge in [0.2, 0.25) is 0 Å². The average molecular weight is 484 g/mol. The van der Waals surface area contributed by atoms with Crippen molar-refractivity contribution in [1.82, 2.24) is 14.7 Å². The lowest BCUT2D eigenvalue weighted by atomic mass is 9.83. The molecule has 1 saturated heterocycles. The predicted molar refractivity (Wildman–Crippen MR) is 125 cm³/mol. The molecule has 176 valence electrons. The summed E-state index contributed by atoms with van der Waals surface area (Å²) in [6.07, 6.45) is 1.60. The number of aryl methyl sites for hydroxylation is 1. The van der Waals surface area contributed by atoms with Crippen LogP contribution in [0.15, 0.2) is 42.6 Å². The first-order valence-electron chi connectivity index (χ1n) is 10.9. The van der Waals surface area contributed by atoms with Gasteiger partial charge in [0.15, 0.2) is 11.4 Å². The minimum Gasteiger partial charge on any atom is -0.436 e. The van der Waals surface area contributed by atoms with E-state index in [4.69, 9.17) is 22.1 Å². The molecule has 0 aliphatic carbocycles. The lowest BCUT2D eigenvalue weighted by Gasteiger charge is -2.45. The number of carbonyl (C=O) groups is 2. The molecule has 3 heterocycles. The Morgan fingerprint density at radius 2 is 2.06 bits per heavy atom. The van der Waals surface area contributed by atoms with Crippen LogP contribution >= 0.6 is 11.6 Å². The molecule has 3 aromatic rings. The number of piperidine rings is 1. The van der Waals surface area contributed by atoms with Crippen molar-refractivity contribution in [3.63, 3.8) is 0 Å². The quantitative estimate of drug-likeness (QED) is 0.578. The van der Waals surface area contributed by atoms with Gasteiger partial charge in [-0.25, -0.2) is 13.9 Å². The largest absolute Gasteiger partial charge is 0.436 e. The van der Waals surface area contributed by atoms with Crippen molar-refractivity contribution in [3.05, 3.63) is 75.7 Å². The van der Waals surface area contributed by atoms with Gasteiger partial charge < -0.3 is 15.4 Å². The molecule has 2 aromatic carbocycles. The summed E-state index contributed by atoms with van der Waals surface area (Å²) in [4.78, 5) is 27.2. The molecule has 0 saturated carbocycles. The van der Waals surface area contributed by atoms with Crippen molar-refractivity contribution in [1.29, 1.82) is 0 Å². The van der Waals surface area contributed by atoms with E-state index in [1.54, 1.807) is 4.68 Å². The smallest absolute Gasteiger partial charge is 0.412 e. The van der Waals surface area contributed by atoms with Gasteiger partial charge in [0, 0.05) is 6.54 Å². The van der Waals surface area contributed by atoms with Crippen molar-refractivity contribution < 1.29 is 18.7 Å². The van der Waals surface area contributed by atoms with Crippen molar-refractivity contribution in [2.24, 2.45) is 0 Å². The standard InChI is InChI=1S/C24H23ClFN5O3/c1-14-3-5-15(6-4-14)12-31-21(27)16(11-28-31)22(32)30-10-2-9-24(13-30)19-18(29-23(33)34-24)8-7-17(25)20(19)26/h3-8,11H,2,9-10,12-13,27H2,1H3,(H,29,33)/t24-/m0/s1. The van der Waals surface area contributed by atoms with Crippen LogP contribution in [0.5, 0.6) is 0 Å². The summed E-state index contributed by atoms with van der Waals surface area (Å²) >= 11 is 6.03. The number of nitrogen functional groups attached to an aromatic ring is 1. The Hall–Kier alpha value is -3.59. The van der Waals surface area contributed by atoms with Gasteiger partial charge in [-0.15, -0.1) is 0 Å². The van der Waals surface area contributed by atoms with Crippen molar-refractivity contribution >= 4 is 35.1 Å². The molecule has 34 heavy (non-hydrogen) atoms. The molecule has 0 radical (unpaired) electrons. The van der Waals surface area contributed by atoms with Gasteiger partial charge in [-0.05, 0) is 37.5 Å². The highest BCUT2D eigenvalue weighted by molar-refractivity contribution is 6.31. The number of benzene rings is 2. The van der Waals surface area contributed by atoms with Crippen molar-refractivity contribution in [2.75, 3.05) is 24.1 Å². The molecule has 1 spiro atoms. The van der Waals surface area contributed by atoms with Crippen molar-refractivity contribution in [3.8, 4) is 0 Å². The Balaban J connectivity index is 1.43. The molecule has 2 aliphatic rings. The van der Waals surface area contributed by atoms with E-state index in [0.717, 1.165) is 11.1 Å². The average Bonchev–Trinajstić information content (AvgIpc) is 3.17. The van der Waals surface area contributed by atoms with E-state index in [0.29, 0.717) is 25.9 Å². The topological polar surface area (TPSA) is 102 Å². The molecular formula is C24H23ClFN5O3. The normalized spacial score (nSPS) is 19.5. The van der Waals surface area contributed by atoms with Crippen LogP contribution in [-0.2, 0) is 16.9 Å². The van der Waals surface area contributed by atoms with Gasteiger partial charge >= 0.3 is 6.09 Å². The van der Waals surface area contributed by atoms with Crippen LogP contribution < -0.4 is 11.1 Å². The zero-order valence-corrected chi connectivity index (χ0v) is 19.2. The highest BCUT2D eigenvalue weighted by Gasteiger charge is 2.48. The lowest BCUT2D eigenvalue weighted by Crippen LogP contribution is -2.53. The number of aromatic nitrogens is 2. The molecule has 5 rings (SSSR count). The van der Waals surface area contributed by atoms with Gasteiger partial charge in [0.1, 0.15) is 11.4 Å². The van der Waals surface area contributed by atoms with Crippen LogP contribution in [0.2, 0.25) is 5.02 Å². The molecule has 1 aromatic heterocycles.